The van der Waals surface area contributed by atoms with Crippen LogP contribution in [0.4, 0.5) is 4.39 Å². The molecule has 0 aliphatic carbocycles. The summed E-state index contributed by atoms with van der Waals surface area (Å²) in [6.07, 6.45) is 0. The van der Waals surface area contributed by atoms with Crippen molar-refractivity contribution in [1.82, 2.24) is 0 Å². The number of para-hydroxylation sites is 1. The van der Waals surface area contributed by atoms with Crippen LogP contribution in [0.5, 0.6) is 5.75 Å². The van der Waals surface area contributed by atoms with Crippen LogP contribution in [-0.4, -0.2) is 14.3 Å². The van der Waals surface area contributed by atoms with E-state index in [1.54, 1.807) is 0 Å². The molecule has 0 atom stereocenters. The summed E-state index contributed by atoms with van der Waals surface area (Å²) in [4.78, 5) is 10.9. The lowest BCUT2D eigenvalue weighted by molar-refractivity contribution is 0.0999. The summed E-state index contributed by atoms with van der Waals surface area (Å²) in [6, 6.07) is 8.41. The fourth-order valence-corrected chi connectivity index (χ4v) is 2.76. The van der Waals surface area contributed by atoms with Gasteiger partial charge in [-0.3, -0.25) is 4.79 Å². The fourth-order valence-electron chi connectivity index (χ4n) is 1.54. The highest BCUT2D eigenvalue weighted by molar-refractivity contribution is 7.87. The lowest BCUT2D eigenvalue weighted by Gasteiger charge is -2.10. The minimum Gasteiger partial charge on any atom is -0.378 e. The number of rotatable bonds is 4. The highest BCUT2D eigenvalue weighted by Gasteiger charge is 2.21. The Kier molecular flexibility index (Phi) is 4.15. The Balaban J connectivity index is 2.42. The molecule has 0 spiro atoms. The molecule has 0 heterocycles. The van der Waals surface area contributed by atoms with Gasteiger partial charge in [0.15, 0.2) is 5.75 Å². The van der Waals surface area contributed by atoms with E-state index in [0.717, 1.165) is 18.2 Å². The first-order valence-corrected chi connectivity index (χ1v) is 7.38. The summed E-state index contributed by atoms with van der Waals surface area (Å²) in [5.41, 5.74) is 5.04. The van der Waals surface area contributed by atoms with E-state index in [2.05, 4.69) is 0 Å². The largest absolute Gasteiger partial charge is 0.378 e. The number of nitrogens with two attached hydrogens (primary N) is 1. The van der Waals surface area contributed by atoms with Gasteiger partial charge in [-0.1, -0.05) is 23.7 Å². The Morgan fingerprint density at radius 1 is 1.19 bits per heavy atom. The summed E-state index contributed by atoms with van der Waals surface area (Å²) in [5.74, 6) is -1.81. The van der Waals surface area contributed by atoms with Crippen LogP contribution in [0.3, 0.4) is 0 Å². The molecule has 2 aromatic carbocycles. The second kappa shape index (κ2) is 5.71. The topological polar surface area (TPSA) is 86.5 Å². The van der Waals surface area contributed by atoms with Gasteiger partial charge in [-0.25, -0.2) is 4.39 Å². The van der Waals surface area contributed by atoms with E-state index >= 15 is 0 Å². The molecule has 0 aromatic heterocycles. The number of halogens is 2. The summed E-state index contributed by atoms with van der Waals surface area (Å²) < 4.78 is 42.1. The van der Waals surface area contributed by atoms with Crippen molar-refractivity contribution in [1.29, 1.82) is 0 Å². The molecule has 0 fully saturated rings. The standard InChI is InChI=1S/C13H9ClFNO4S/c14-10-7-8(5-6-11(10)15)21(18,19)20-12-4-2-1-3-9(12)13(16)17/h1-7H,(H2,16,17). The Morgan fingerprint density at radius 3 is 2.48 bits per heavy atom. The molecule has 2 aromatic rings. The molecule has 2 rings (SSSR count). The second-order valence-corrected chi connectivity index (χ2v) is 5.93. The van der Waals surface area contributed by atoms with E-state index in [0.29, 0.717) is 0 Å². The monoisotopic (exact) mass is 329 g/mol. The van der Waals surface area contributed by atoms with Gasteiger partial charge in [-0.05, 0) is 30.3 Å². The summed E-state index contributed by atoms with van der Waals surface area (Å²) in [6.45, 7) is 0. The number of carbonyl (C=O) groups is 1. The zero-order chi connectivity index (χ0) is 15.6. The predicted molar refractivity (Wildman–Crippen MR) is 74.2 cm³/mol. The third-order valence-corrected chi connectivity index (χ3v) is 4.05. The molecule has 21 heavy (non-hydrogen) atoms. The van der Waals surface area contributed by atoms with Gasteiger partial charge in [0, 0.05) is 0 Å². The molecule has 0 bridgehead atoms. The van der Waals surface area contributed by atoms with Crippen molar-refractivity contribution in [2.75, 3.05) is 0 Å². The SMILES string of the molecule is NC(=O)c1ccccc1OS(=O)(=O)c1ccc(F)c(Cl)c1. The van der Waals surface area contributed by atoms with Crippen LogP contribution in [0.2, 0.25) is 5.02 Å². The Bertz CT molecular complexity index is 808. The average molecular weight is 330 g/mol. The molecule has 2 N–H and O–H groups in total. The van der Waals surface area contributed by atoms with E-state index < -0.39 is 21.8 Å². The molecule has 0 aliphatic rings. The molecule has 0 saturated carbocycles. The summed E-state index contributed by atoms with van der Waals surface area (Å²) >= 11 is 5.54. The predicted octanol–water partition coefficient (Wildman–Crippen LogP) is 2.35. The first-order chi connectivity index (χ1) is 9.81. The average Bonchev–Trinajstić information content (AvgIpc) is 2.41. The van der Waals surface area contributed by atoms with Crippen molar-refractivity contribution >= 4 is 27.6 Å². The van der Waals surface area contributed by atoms with Crippen molar-refractivity contribution < 1.29 is 21.8 Å². The summed E-state index contributed by atoms with van der Waals surface area (Å²) in [7, 11) is -4.27. The molecule has 0 saturated heterocycles. The zero-order valence-electron chi connectivity index (χ0n) is 10.4. The summed E-state index contributed by atoms with van der Waals surface area (Å²) in [5, 5.41) is -0.358. The number of primary amides is 1. The van der Waals surface area contributed by atoms with Crippen molar-refractivity contribution in [2.24, 2.45) is 5.73 Å². The van der Waals surface area contributed by atoms with Crippen molar-refractivity contribution in [2.45, 2.75) is 4.90 Å². The highest BCUT2D eigenvalue weighted by atomic mass is 35.5. The van der Waals surface area contributed by atoms with Crippen molar-refractivity contribution in [3.8, 4) is 5.75 Å². The highest BCUT2D eigenvalue weighted by Crippen LogP contribution is 2.25. The molecule has 8 heteroatoms. The molecule has 5 nitrogen and oxygen atoms in total. The number of hydrogen-bond acceptors (Lipinski definition) is 4. The quantitative estimate of drug-likeness (QED) is 0.872. The Morgan fingerprint density at radius 2 is 1.86 bits per heavy atom. The minimum absolute atomic E-state index is 0.0886. The molecule has 0 unspecified atom stereocenters. The van der Waals surface area contributed by atoms with Crippen LogP contribution in [-0.2, 0) is 10.1 Å². The Labute approximate surface area is 125 Å². The second-order valence-electron chi connectivity index (χ2n) is 3.97. The maximum absolute atomic E-state index is 13.1. The van der Waals surface area contributed by atoms with E-state index in [1.807, 2.05) is 0 Å². The van der Waals surface area contributed by atoms with Crippen LogP contribution in [0.1, 0.15) is 10.4 Å². The third-order valence-electron chi connectivity index (χ3n) is 2.53. The third kappa shape index (κ3) is 3.32. The molecular formula is C13H9ClFNO4S. The molecule has 0 aliphatic heterocycles. The number of hydrogen-bond donors (Lipinski definition) is 1. The first-order valence-electron chi connectivity index (χ1n) is 5.59. The van der Waals surface area contributed by atoms with Crippen LogP contribution < -0.4 is 9.92 Å². The maximum atomic E-state index is 13.1. The zero-order valence-corrected chi connectivity index (χ0v) is 12.0. The smallest absolute Gasteiger partial charge is 0.339 e. The van der Waals surface area contributed by atoms with Crippen LogP contribution in [0.25, 0.3) is 0 Å². The van der Waals surface area contributed by atoms with Crippen molar-refractivity contribution in [3.63, 3.8) is 0 Å². The van der Waals surface area contributed by atoms with E-state index in [1.165, 1.54) is 24.3 Å². The number of carbonyl (C=O) groups excluding carboxylic acids is 1. The first kappa shape index (κ1) is 15.3. The fraction of sp³-hybridized carbons (Fsp3) is 0. The molecule has 0 radical (unpaired) electrons. The van der Waals surface area contributed by atoms with Gasteiger partial charge in [0.05, 0.1) is 10.6 Å². The van der Waals surface area contributed by atoms with Crippen LogP contribution in [0, 0.1) is 5.82 Å². The normalized spacial score (nSPS) is 11.1. The molecular weight excluding hydrogens is 321 g/mol. The van der Waals surface area contributed by atoms with Crippen LogP contribution >= 0.6 is 11.6 Å². The van der Waals surface area contributed by atoms with Gasteiger partial charge in [0.25, 0.3) is 5.91 Å². The van der Waals surface area contributed by atoms with Crippen molar-refractivity contribution in [3.05, 3.63) is 58.9 Å². The van der Waals surface area contributed by atoms with Gasteiger partial charge in [0.2, 0.25) is 0 Å². The maximum Gasteiger partial charge on any atom is 0.339 e. The van der Waals surface area contributed by atoms with Gasteiger partial charge in [-0.2, -0.15) is 8.42 Å². The van der Waals surface area contributed by atoms with E-state index in [9.17, 15) is 17.6 Å². The Hall–Kier alpha value is -2.12. The lowest BCUT2D eigenvalue weighted by atomic mass is 10.2. The van der Waals surface area contributed by atoms with E-state index in [-0.39, 0.29) is 21.2 Å². The van der Waals surface area contributed by atoms with E-state index in [4.69, 9.17) is 21.5 Å². The minimum atomic E-state index is -4.27. The van der Waals surface area contributed by atoms with Gasteiger partial charge in [0.1, 0.15) is 10.7 Å². The number of benzene rings is 2. The van der Waals surface area contributed by atoms with Crippen LogP contribution in [0.15, 0.2) is 47.4 Å². The lowest BCUT2D eigenvalue weighted by Crippen LogP contribution is -2.16. The molecule has 110 valence electrons. The molecule has 1 amide bonds. The number of amides is 1. The van der Waals surface area contributed by atoms with Gasteiger partial charge in [-0.15, -0.1) is 0 Å². The van der Waals surface area contributed by atoms with Gasteiger partial charge >= 0.3 is 10.1 Å². The van der Waals surface area contributed by atoms with Gasteiger partial charge < -0.3 is 9.92 Å².